The highest BCUT2D eigenvalue weighted by molar-refractivity contribution is 7.96. The van der Waals surface area contributed by atoms with Crippen LogP contribution < -0.4 is 10.1 Å². The number of hydrogen-bond acceptors (Lipinski definition) is 6. The first-order valence-corrected chi connectivity index (χ1v) is 13.0. The third-order valence-corrected chi connectivity index (χ3v) is 9.50. The lowest BCUT2D eigenvalue weighted by molar-refractivity contribution is 0.414. The van der Waals surface area contributed by atoms with Gasteiger partial charge in [-0.15, -0.1) is 0 Å². The zero-order valence-electron chi connectivity index (χ0n) is 17.0. The number of hydrogen-bond donors (Lipinski definition) is 1. The van der Waals surface area contributed by atoms with Gasteiger partial charge in [-0.25, -0.2) is 16.8 Å². The maximum absolute atomic E-state index is 13.3. The largest absolute Gasteiger partial charge is 0.497 e. The first-order valence-electron chi connectivity index (χ1n) is 9.80. The second-order valence-corrected chi connectivity index (χ2v) is 11.5. The van der Waals surface area contributed by atoms with Crippen LogP contribution in [0.4, 0.5) is 0 Å². The molecule has 1 atom stereocenters. The van der Waals surface area contributed by atoms with Crippen LogP contribution in [0.5, 0.6) is 5.75 Å². The van der Waals surface area contributed by atoms with Crippen LogP contribution in [0, 0.1) is 0 Å². The smallest absolute Gasteiger partial charge is 0.186 e. The van der Waals surface area contributed by atoms with E-state index in [4.69, 9.17) is 4.74 Å². The summed E-state index contributed by atoms with van der Waals surface area (Å²) < 4.78 is 57.4. The Bertz CT molecular complexity index is 1300. The maximum atomic E-state index is 13.3. The molecule has 1 unspecified atom stereocenters. The molecule has 0 aromatic heterocycles. The van der Waals surface area contributed by atoms with Crippen LogP contribution in [-0.2, 0) is 32.8 Å². The highest BCUT2D eigenvalue weighted by Crippen LogP contribution is 2.42. The van der Waals surface area contributed by atoms with Crippen molar-refractivity contribution in [3.05, 3.63) is 89.5 Å². The van der Waals surface area contributed by atoms with Crippen LogP contribution in [-0.4, -0.2) is 29.7 Å². The fourth-order valence-corrected chi connectivity index (χ4v) is 8.32. The van der Waals surface area contributed by atoms with Crippen molar-refractivity contribution in [3.8, 4) is 5.75 Å². The van der Waals surface area contributed by atoms with E-state index in [-0.39, 0.29) is 9.79 Å². The fourth-order valence-electron chi connectivity index (χ4n) is 3.90. The van der Waals surface area contributed by atoms with Gasteiger partial charge in [-0.2, -0.15) is 0 Å². The van der Waals surface area contributed by atoms with Gasteiger partial charge in [-0.3, -0.25) is 0 Å². The van der Waals surface area contributed by atoms with Crippen LogP contribution in [0.15, 0.2) is 82.6 Å². The molecule has 1 aliphatic heterocycles. The van der Waals surface area contributed by atoms with E-state index in [0.717, 1.165) is 11.3 Å². The number of methoxy groups -OCH3 is 1. The van der Waals surface area contributed by atoms with E-state index < -0.39 is 30.7 Å². The number of nitrogens with one attached hydrogen (secondary N) is 1. The monoisotopic (exact) mass is 457 g/mol. The molecule has 3 aromatic carbocycles. The van der Waals surface area contributed by atoms with E-state index in [9.17, 15) is 16.8 Å². The van der Waals surface area contributed by atoms with E-state index in [2.05, 4.69) is 5.32 Å². The average molecular weight is 458 g/mol. The predicted molar refractivity (Wildman–Crippen MR) is 118 cm³/mol. The van der Waals surface area contributed by atoms with Gasteiger partial charge in [0.2, 0.25) is 0 Å². The normalized spacial score (nSPS) is 17.3. The highest BCUT2D eigenvalue weighted by Gasteiger charge is 2.44. The molecule has 8 heteroatoms. The molecule has 0 fully saturated rings. The van der Waals surface area contributed by atoms with E-state index in [1.54, 1.807) is 37.4 Å². The van der Waals surface area contributed by atoms with Gasteiger partial charge in [-0.1, -0.05) is 42.5 Å². The molecule has 4 rings (SSSR count). The van der Waals surface area contributed by atoms with Gasteiger partial charge in [0.1, 0.15) is 11.0 Å². The summed E-state index contributed by atoms with van der Waals surface area (Å²) in [5, 5.41) is 2.17. The van der Waals surface area contributed by atoms with E-state index in [1.165, 1.54) is 18.2 Å². The molecule has 6 nitrogen and oxygen atoms in total. The van der Waals surface area contributed by atoms with Crippen molar-refractivity contribution in [2.24, 2.45) is 0 Å². The van der Waals surface area contributed by atoms with Crippen LogP contribution in [0.3, 0.4) is 0 Å². The van der Waals surface area contributed by atoms with Crippen LogP contribution in [0.25, 0.3) is 0 Å². The van der Waals surface area contributed by atoms with Gasteiger partial charge in [-0.05, 0) is 47.0 Å². The van der Waals surface area contributed by atoms with Gasteiger partial charge in [0, 0.05) is 13.1 Å². The molecule has 0 amide bonds. The molecular formula is C23H23NO5S2. The predicted octanol–water partition coefficient (Wildman–Crippen LogP) is 3.29. The first-order chi connectivity index (χ1) is 14.8. The quantitative estimate of drug-likeness (QED) is 0.586. The summed E-state index contributed by atoms with van der Waals surface area (Å²) >= 11 is 0. The molecule has 0 saturated carbocycles. The Balaban J connectivity index is 1.65. The standard InChI is InChI=1S/C23H23NO5S2/c1-29-19-9-5-7-17(13-19)14-24-15-18-8-6-12-21-23(18)22(16-30(21,25)26)31(27,28)20-10-3-2-4-11-20/h2-13,22,24H,14-16H2,1H3. The second kappa shape index (κ2) is 8.45. The molecule has 0 aliphatic carbocycles. The van der Waals surface area contributed by atoms with Gasteiger partial charge in [0.25, 0.3) is 0 Å². The molecule has 31 heavy (non-hydrogen) atoms. The lowest BCUT2D eigenvalue weighted by atomic mass is 10.0. The summed E-state index contributed by atoms with van der Waals surface area (Å²) in [5.41, 5.74) is 2.06. The zero-order valence-corrected chi connectivity index (χ0v) is 18.6. The van der Waals surface area contributed by atoms with Gasteiger partial charge in [0.15, 0.2) is 19.7 Å². The Morgan fingerprint density at radius 3 is 2.45 bits per heavy atom. The van der Waals surface area contributed by atoms with Gasteiger partial charge < -0.3 is 10.1 Å². The topological polar surface area (TPSA) is 89.5 Å². The minimum absolute atomic E-state index is 0.109. The van der Waals surface area contributed by atoms with Crippen molar-refractivity contribution in [1.29, 1.82) is 0 Å². The molecule has 0 saturated heterocycles. The van der Waals surface area contributed by atoms with Gasteiger partial charge >= 0.3 is 0 Å². The molecule has 162 valence electrons. The molecule has 1 aliphatic rings. The van der Waals surface area contributed by atoms with Crippen molar-refractivity contribution in [2.45, 2.75) is 28.1 Å². The lowest BCUT2D eigenvalue weighted by Crippen LogP contribution is -2.19. The fraction of sp³-hybridized carbons (Fsp3) is 0.217. The molecule has 0 radical (unpaired) electrons. The van der Waals surface area contributed by atoms with Gasteiger partial charge in [0.05, 0.1) is 22.7 Å². The number of benzene rings is 3. The molecule has 1 N–H and O–H groups in total. The number of rotatable bonds is 7. The van der Waals surface area contributed by atoms with Crippen molar-refractivity contribution in [3.63, 3.8) is 0 Å². The number of ether oxygens (including phenoxy) is 1. The van der Waals surface area contributed by atoms with Crippen molar-refractivity contribution >= 4 is 19.7 Å². The molecule has 1 heterocycles. The summed E-state index contributed by atoms with van der Waals surface area (Å²) in [6.07, 6.45) is 0. The van der Waals surface area contributed by atoms with Crippen molar-refractivity contribution in [1.82, 2.24) is 5.32 Å². The van der Waals surface area contributed by atoms with E-state index >= 15 is 0 Å². The Kier molecular flexibility index (Phi) is 5.88. The summed E-state index contributed by atoms with van der Waals surface area (Å²) in [7, 11) is -5.93. The van der Waals surface area contributed by atoms with E-state index in [0.29, 0.717) is 24.2 Å². The highest BCUT2D eigenvalue weighted by atomic mass is 32.2. The third kappa shape index (κ3) is 4.23. The SMILES string of the molecule is COc1cccc(CNCc2cccc3c2C(S(=O)(=O)c2ccccc2)CS3(=O)=O)c1. The summed E-state index contributed by atoms with van der Waals surface area (Å²) in [6, 6.07) is 20.6. The van der Waals surface area contributed by atoms with Crippen LogP contribution in [0.1, 0.15) is 21.9 Å². The average Bonchev–Trinajstić information content (AvgIpc) is 3.07. The lowest BCUT2D eigenvalue weighted by Gasteiger charge is -2.16. The van der Waals surface area contributed by atoms with Crippen LogP contribution >= 0.6 is 0 Å². The molecule has 0 bridgehead atoms. The van der Waals surface area contributed by atoms with E-state index in [1.807, 2.05) is 24.3 Å². The second-order valence-electron chi connectivity index (χ2n) is 7.41. The number of sulfone groups is 2. The van der Waals surface area contributed by atoms with Crippen LogP contribution in [0.2, 0.25) is 0 Å². The van der Waals surface area contributed by atoms with Crippen molar-refractivity contribution < 1.29 is 21.6 Å². The summed E-state index contributed by atoms with van der Waals surface area (Å²) in [6.45, 7) is 0.875. The Hall–Kier alpha value is -2.68. The van der Waals surface area contributed by atoms with Crippen molar-refractivity contribution in [2.75, 3.05) is 12.9 Å². The zero-order chi connectivity index (χ0) is 22.1. The molecule has 3 aromatic rings. The Labute approximate surface area is 182 Å². The minimum atomic E-state index is -3.86. The molecule has 0 spiro atoms. The minimum Gasteiger partial charge on any atom is -0.497 e. The maximum Gasteiger partial charge on any atom is 0.186 e. The number of fused-ring (bicyclic) bond motifs is 1. The molecular weight excluding hydrogens is 434 g/mol. The third-order valence-electron chi connectivity index (χ3n) is 5.41. The Morgan fingerprint density at radius 1 is 0.968 bits per heavy atom. The first kappa shape index (κ1) is 21.5. The summed E-state index contributed by atoms with van der Waals surface area (Å²) in [5.74, 6) is 0.312. The Morgan fingerprint density at radius 2 is 1.71 bits per heavy atom. The summed E-state index contributed by atoms with van der Waals surface area (Å²) in [4.78, 5) is 0.236.